The van der Waals surface area contributed by atoms with E-state index in [0.717, 1.165) is 11.1 Å². The number of esters is 1. The number of rotatable bonds is 4. The van der Waals surface area contributed by atoms with Crippen molar-refractivity contribution in [2.24, 2.45) is 4.99 Å². The number of ether oxygens (including phenoxy) is 2. The molecule has 0 bridgehead atoms. The predicted octanol–water partition coefficient (Wildman–Crippen LogP) is 4.01. The van der Waals surface area contributed by atoms with E-state index in [0.29, 0.717) is 5.75 Å². The van der Waals surface area contributed by atoms with Gasteiger partial charge in [0.2, 0.25) is 5.90 Å². The highest BCUT2D eigenvalue weighted by Crippen LogP contribution is 2.23. The van der Waals surface area contributed by atoms with Crippen LogP contribution in [0.2, 0.25) is 0 Å². The van der Waals surface area contributed by atoms with Crippen LogP contribution >= 0.6 is 0 Å². The SMILES string of the molecule is COc1ccccc1C=C1N=C(C=Cc2ccc(C)cc2)OC1=O. The normalized spacial score (nSPS) is 15.7. The van der Waals surface area contributed by atoms with Gasteiger partial charge in [-0.3, -0.25) is 0 Å². The number of aliphatic imine (C=N–C) groups is 1. The molecule has 0 atom stereocenters. The summed E-state index contributed by atoms with van der Waals surface area (Å²) in [5.74, 6) is 0.489. The molecule has 0 radical (unpaired) electrons. The Bertz CT molecular complexity index is 845. The average molecular weight is 319 g/mol. The number of para-hydroxylation sites is 1. The molecule has 0 spiro atoms. The lowest BCUT2D eigenvalue weighted by Gasteiger charge is -2.03. The highest BCUT2D eigenvalue weighted by atomic mass is 16.6. The minimum atomic E-state index is -0.468. The number of cyclic esters (lactones) is 1. The van der Waals surface area contributed by atoms with Crippen LogP contribution in [0, 0.1) is 6.92 Å². The van der Waals surface area contributed by atoms with E-state index in [-0.39, 0.29) is 11.6 Å². The first kappa shape index (κ1) is 15.7. The smallest absolute Gasteiger partial charge is 0.363 e. The highest BCUT2D eigenvalue weighted by molar-refractivity contribution is 6.11. The van der Waals surface area contributed by atoms with E-state index in [1.54, 1.807) is 19.3 Å². The van der Waals surface area contributed by atoms with E-state index >= 15 is 0 Å². The number of aryl methyl sites for hydroxylation is 1. The number of hydrogen-bond donors (Lipinski definition) is 0. The van der Waals surface area contributed by atoms with Gasteiger partial charge in [-0.15, -0.1) is 0 Å². The lowest BCUT2D eigenvalue weighted by Crippen LogP contribution is -2.01. The summed E-state index contributed by atoms with van der Waals surface area (Å²) in [5.41, 5.74) is 3.24. The minimum Gasteiger partial charge on any atom is -0.496 e. The first-order chi connectivity index (χ1) is 11.7. The third-order valence-corrected chi connectivity index (χ3v) is 3.56. The number of benzene rings is 2. The van der Waals surface area contributed by atoms with Gasteiger partial charge in [-0.1, -0.05) is 48.0 Å². The van der Waals surface area contributed by atoms with Crippen molar-refractivity contribution in [2.75, 3.05) is 7.11 Å². The molecule has 0 unspecified atom stereocenters. The van der Waals surface area contributed by atoms with Gasteiger partial charge in [0.1, 0.15) is 5.75 Å². The molecule has 0 saturated heterocycles. The second-order valence-corrected chi connectivity index (χ2v) is 5.36. The van der Waals surface area contributed by atoms with Crippen molar-refractivity contribution < 1.29 is 14.3 Å². The molecule has 4 heteroatoms. The van der Waals surface area contributed by atoms with Crippen LogP contribution in [-0.2, 0) is 9.53 Å². The first-order valence-electron chi connectivity index (χ1n) is 7.56. The van der Waals surface area contributed by atoms with Gasteiger partial charge in [-0.05, 0) is 30.7 Å². The number of carbonyl (C=O) groups excluding carboxylic acids is 1. The Morgan fingerprint density at radius 1 is 1.04 bits per heavy atom. The topological polar surface area (TPSA) is 47.9 Å². The molecule has 0 aromatic heterocycles. The number of hydrogen-bond acceptors (Lipinski definition) is 4. The monoisotopic (exact) mass is 319 g/mol. The van der Waals surface area contributed by atoms with Crippen LogP contribution in [0.4, 0.5) is 0 Å². The summed E-state index contributed by atoms with van der Waals surface area (Å²) in [6, 6.07) is 15.5. The zero-order chi connectivity index (χ0) is 16.9. The Balaban J connectivity index is 1.82. The van der Waals surface area contributed by atoms with E-state index in [1.807, 2.05) is 61.5 Å². The fourth-order valence-corrected chi connectivity index (χ4v) is 2.27. The van der Waals surface area contributed by atoms with E-state index in [9.17, 15) is 4.79 Å². The fraction of sp³-hybridized carbons (Fsp3) is 0.100. The van der Waals surface area contributed by atoms with Gasteiger partial charge in [-0.2, -0.15) is 0 Å². The average Bonchev–Trinajstić information content (AvgIpc) is 2.95. The third kappa shape index (κ3) is 3.60. The van der Waals surface area contributed by atoms with Gasteiger partial charge in [0.05, 0.1) is 7.11 Å². The molecule has 1 aliphatic rings. The number of nitrogens with zero attached hydrogens (tertiary/aromatic N) is 1. The molecule has 120 valence electrons. The summed E-state index contributed by atoms with van der Waals surface area (Å²) in [6.45, 7) is 2.03. The van der Waals surface area contributed by atoms with Gasteiger partial charge in [0.25, 0.3) is 0 Å². The maximum Gasteiger partial charge on any atom is 0.363 e. The zero-order valence-electron chi connectivity index (χ0n) is 13.5. The Hall–Kier alpha value is -3.14. The van der Waals surface area contributed by atoms with Crippen LogP contribution in [-0.4, -0.2) is 19.0 Å². The van der Waals surface area contributed by atoms with Crippen LogP contribution in [0.15, 0.2) is 65.3 Å². The fourth-order valence-electron chi connectivity index (χ4n) is 2.27. The van der Waals surface area contributed by atoms with Gasteiger partial charge >= 0.3 is 5.97 Å². The van der Waals surface area contributed by atoms with Gasteiger partial charge < -0.3 is 9.47 Å². The van der Waals surface area contributed by atoms with Crippen molar-refractivity contribution in [2.45, 2.75) is 6.92 Å². The van der Waals surface area contributed by atoms with Crippen LogP contribution in [0.1, 0.15) is 16.7 Å². The molecule has 2 aromatic carbocycles. The molecule has 4 nitrogen and oxygen atoms in total. The molecular weight excluding hydrogens is 302 g/mol. The summed E-state index contributed by atoms with van der Waals surface area (Å²) >= 11 is 0. The van der Waals surface area contributed by atoms with E-state index in [1.165, 1.54) is 5.56 Å². The second-order valence-electron chi connectivity index (χ2n) is 5.36. The Morgan fingerprint density at radius 2 is 1.79 bits per heavy atom. The molecule has 2 aromatic rings. The van der Waals surface area contributed by atoms with Crippen molar-refractivity contribution >= 4 is 24.0 Å². The summed E-state index contributed by atoms with van der Waals surface area (Å²) in [7, 11) is 1.59. The maximum atomic E-state index is 12.0. The lowest BCUT2D eigenvalue weighted by atomic mass is 10.1. The molecule has 0 fully saturated rings. The van der Waals surface area contributed by atoms with E-state index in [4.69, 9.17) is 9.47 Å². The molecule has 0 amide bonds. The molecule has 0 aliphatic carbocycles. The highest BCUT2D eigenvalue weighted by Gasteiger charge is 2.21. The molecule has 0 N–H and O–H groups in total. The molecule has 24 heavy (non-hydrogen) atoms. The van der Waals surface area contributed by atoms with Crippen LogP contribution in [0.5, 0.6) is 5.75 Å². The quantitative estimate of drug-likeness (QED) is 0.632. The third-order valence-electron chi connectivity index (χ3n) is 3.56. The molecule has 1 heterocycles. The van der Waals surface area contributed by atoms with Crippen LogP contribution < -0.4 is 4.74 Å². The Kier molecular flexibility index (Phi) is 4.57. The van der Waals surface area contributed by atoms with Crippen molar-refractivity contribution in [3.8, 4) is 5.75 Å². The summed E-state index contributed by atoms with van der Waals surface area (Å²) in [5, 5.41) is 0. The molecular formula is C20H17NO3. The second kappa shape index (κ2) is 6.96. The predicted molar refractivity (Wildman–Crippen MR) is 94.7 cm³/mol. The van der Waals surface area contributed by atoms with Gasteiger partial charge in [-0.25, -0.2) is 9.79 Å². The van der Waals surface area contributed by atoms with Crippen LogP contribution in [0.25, 0.3) is 12.2 Å². The molecule has 0 saturated carbocycles. The summed E-state index contributed by atoms with van der Waals surface area (Å²) in [6.07, 6.45) is 5.21. The van der Waals surface area contributed by atoms with Gasteiger partial charge in [0.15, 0.2) is 5.70 Å². The van der Waals surface area contributed by atoms with Crippen molar-refractivity contribution in [1.29, 1.82) is 0 Å². The Labute approximate surface area is 140 Å². The lowest BCUT2D eigenvalue weighted by molar-refractivity contribution is -0.129. The molecule has 1 aliphatic heterocycles. The van der Waals surface area contributed by atoms with E-state index in [2.05, 4.69) is 4.99 Å². The standard InChI is InChI=1S/C20H17NO3/c1-14-7-9-15(10-8-14)11-12-19-21-17(20(22)24-19)13-16-5-3-4-6-18(16)23-2/h3-13H,1-2H3. The van der Waals surface area contributed by atoms with Crippen molar-refractivity contribution in [3.05, 3.63) is 77.0 Å². The van der Waals surface area contributed by atoms with Crippen molar-refractivity contribution in [3.63, 3.8) is 0 Å². The largest absolute Gasteiger partial charge is 0.496 e. The first-order valence-corrected chi connectivity index (χ1v) is 7.56. The summed E-state index contributed by atoms with van der Waals surface area (Å²) < 4.78 is 10.5. The summed E-state index contributed by atoms with van der Waals surface area (Å²) in [4.78, 5) is 16.2. The van der Waals surface area contributed by atoms with E-state index < -0.39 is 5.97 Å². The maximum absolute atomic E-state index is 12.0. The Morgan fingerprint density at radius 3 is 2.54 bits per heavy atom. The van der Waals surface area contributed by atoms with Gasteiger partial charge in [0, 0.05) is 11.6 Å². The van der Waals surface area contributed by atoms with Crippen LogP contribution in [0.3, 0.4) is 0 Å². The molecule has 3 rings (SSSR count). The number of methoxy groups -OCH3 is 1. The minimum absolute atomic E-state index is 0.253. The number of carbonyl (C=O) groups is 1. The van der Waals surface area contributed by atoms with Crippen molar-refractivity contribution in [1.82, 2.24) is 0 Å². The zero-order valence-corrected chi connectivity index (χ0v) is 13.5.